The lowest BCUT2D eigenvalue weighted by atomic mass is 10.00. The van der Waals surface area contributed by atoms with E-state index in [1.54, 1.807) is 0 Å². The first-order valence-electron chi connectivity index (χ1n) is 6.22. The van der Waals surface area contributed by atoms with Crippen LogP contribution in [0.25, 0.3) is 0 Å². The van der Waals surface area contributed by atoms with Crippen molar-refractivity contribution in [1.29, 1.82) is 0 Å². The summed E-state index contributed by atoms with van der Waals surface area (Å²) in [6.07, 6.45) is 2.22. The van der Waals surface area contributed by atoms with E-state index in [1.807, 2.05) is 6.92 Å². The van der Waals surface area contributed by atoms with E-state index in [4.69, 9.17) is 9.47 Å². The Morgan fingerprint density at radius 3 is 2.62 bits per heavy atom. The van der Waals surface area contributed by atoms with Crippen LogP contribution in [0, 0.1) is 5.92 Å². The van der Waals surface area contributed by atoms with Gasteiger partial charge in [-0.15, -0.1) is 0 Å². The maximum Gasteiger partial charge on any atom is 0.320 e. The van der Waals surface area contributed by atoms with E-state index in [9.17, 15) is 4.79 Å². The van der Waals surface area contributed by atoms with Gasteiger partial charge in [-0.3, -0.25) is 9.69 Å². The Morgan fingerprint density at radius 2 is 2.06 bits per heavy atom. The molecule has 0 aromatic heterocycles. The molecule has 4 heteroatoms. The van der Waals surface area contributed by atoms with Crippen LogP contribution in [0.15, 0.2) is 0 Å². The number of carbonyl (C=O) groups is 1. The van der Waals surface area contributed by atoms with Gasteiger partial charge < -0.3 is 9.47 Å². The SMILES string of the molecule is CCOC(=O)CN(CC)CC1CCOCC1. The molecule has 0 bridgehead atoms. The Balaban J connectivity index is 2.27. The topological polar surface area (TPSA) is 38.8 Å². The van der Waals surface area contributed by atoms with Crippen molar-refractivity contribution < 1.29 is 14.3 Å². The molecule has 0 saturated carbocycles. The summed E-state index contributed by atoms with van der Waals surface area (Å²) in [7, 11) is 0. The van der Waals surface area contributed by atoms with Crippen molar-refractivity contribution in [3.8, 4) is 0 Å². The van der Waals surface area contributed by atoms with E-state index < -0.39 is 0 Å². The van der Waals surface area contributed by atoms with Gasteiger partial charge in [-0.25, -0.2) is 0 Å². The van der Waals surface area contributed by atoms with Crippen molar-refractivity contribution in [2.75, 3.05) is 39.5 Å². The van der Waals surface area contributed by atoms with Gasteiger partial charge in [0.1, 0.15) is 0 Å². The first-order valence-corrected chi connectivity index (χ1v) is 6.22. The lowest BCUT2D eigenvalue weighted by Gasteiger charge is -2.28. The zero-order chi connectivity index (χ0) is 11.8. The molecule has 0 unspecified atom stereocenters. The highest BCUT2D eigenvalue weighted by atomic mass is 16.5. The molecule has 1 fully saturated rings. The molecule has 0 amide bonds. The maximum atomic E-state index is 11.4. The van der Waals surface area contributed by atoms with E-state index in [2.05, 4.69) is 11.8 Å². The summed E-state index contributed by atoms with van der Waals surface area (Å²) in [5, 5.41) is 0. The second-order valence-electron chi connectivity index (χ2n) is 4.19. The Kier molecular flexibility index (Phi) is 6.42. The summed E-state index contributed by atoms with van der Waals surface area (Å²) >= 11 is 0. The monoisotopic (exact) mass is 229 g/mol. The standard InChI is InChI=1S/C12H23NO3/c1-3-13(10-12(14)16-4-2)9-11-5-7-15-8-6-11/h11H,3-10H2,1-2H3. The molecule has 1 aliphatic heterocycles. The Bertz CT molecular complexity index is 202. The first-order chi connectivity index (χ1) is 7.76. The largest absolute Gasteiger partial charge is 0.465 e. The molecule has 0 aromatic carbocycles. The molecule has 1 aliphatic rings. The summed E-state index contributed by atoms with van der Waals surface area (Å²) in [4.78, 5) is 13.5. The van der Waals surface area contributed by atoms with E-state index >= 15 is 0 Å². The highest BCUT2D eigenvalue weighted by Crippen LogP contribution is 2.15. The first kappa shape index (κ1) is 13.5. The fraction of sp³-hybridized carbons (Fsp3) is 0.917. The molecular formula is C12H23NO3. The van der Waals surface area contributed by atoms with Crippen molar-refractivity contribution in [3.63, 3.8) is 0 Å². The van der Waals surface area contributed by atoms with Crippen molar-refractivity contribution in [1.82, 2.24) is 4.90 Å². The minimum atomic E-state index is -0.114. The van der Waals surface area contributed by atoms with Crippen molar-refractivity contribution in [2.24, 2.45) is 5.92 Å². The third-order valence-corrected chi connectivity index (χ3v) is 2.96. The molecule has 94 valence electrons. The molecule has 0 N–H and O–H groups in total. The van der Waals surface area contributed by atoms with Gasteiger partial charge >= 0.3 is 5.97 Å². The fourth-order valence-corrected chi connectivity index (χ4v) is 1.99. The van der Waals surface area contributed by atoms with Gasteiger partial charge in [0.25, 0.3) is 0 Å². The zero-order valence-corrected chi connectivity index (χ0v) is 10.4. The minimum absolute atomic E-state index is 0.114. The number of likely N-dealkylation sites (N-methyl/N-ethyl adjacent to an activating group) is 1. The Labute approximate surface area is 97.9 Å². The van der Waals surface area contributed by atoms with Crippen LogP contribution >= 0.6 is 0 Å². The Hall–Kier alpha value is -0.610. The van der Waals surface area contributed by atoms with Crippen molar-refractivity contribution in [2.45, 2.75) is 26.7 Å². The second-order valence-corrected chi connectivity index (χ2v) is 4.19. The Morgan fingerprint density at radius 1 is 1.38 bits per heavy atom. The average Bonchev–Trinajstić information content (AvgIpc) is 2.30. The molecule has 16 heavy (non-hydrogen) atoms. The lowest BCUT2D eigenvalue weighted by Crippen LogP contribution is -2.36. The number of rotatable bonds is 6. The van der Waals surface area contributed by atoms with Gasteiger partial charge in [-0.05, 0) is 32.2 Å². The second kappa shape index (κ2) is 7.63. The average molecular weight is 229 g/mol. The van der Waals surface area contributed by atoms with Gasteiger partial charge in [-0.1, -0.05) is 6.92 Å². The number of ether oxygens (including phenoxy) is 2. The van der Waals surface area contributed by atoms with Crippen LogP contribution in [0.1, 0.15) is 26.7 Å². The normalized spacial score (nSPS) is 17.7. The number of carbonyl (C=O) groups excluding carboxylic acids is 1. The van der Waals surface area contributed by atoms with Gasteiger partial charge in [0.15, 0.2) is 0 Å². The van der Waals surface area contributed by atoms with Crippen LogP contribution in [-0.4, -0.2) is 50.3 Å². The van der Waals surface area contributed by atoms with E-state index in [-0.39, 0.29) is 5.97 Å². The van der Waals surface area contributed by atoms with E-state index in [0.29, 0.717) is 19.1 Å². The molecule has 1 heterocycles. The molecule has 0 aromatic rings. The summed E-state index contributed by atoms with van der Waals surface area (Å²) < 4.78 is 10.3. The number of hydrogen-bond acceptors (Lipinski definition) is 4. The molecule has 1 rings (SSSR count). The summed E-state index contributed by atoms with van der Waals surface area (Å²) in [6.45, 7) is 8.42. The van der Waals surface area contributed by atoms with E-state index in [0.717, 1.165) is 39.1 Å². The van der Waals surface area contributed by atoms with Crippen molar-refractivity contribution >= 4 is 5.97 Å². The van der Waals surface area contributed by atoms with Gasteiger partial charge in [0, 0.05) is 19.8 Å². The lowest BCUT2D eigenvalue weighted by molar-refractivity contribution is -0.144. The minimum Gasteiger partial charge on any atom is -0.465 e. The van der Waals surface area contributed by atoms with Crippen LogP contribution in [0.5, 0.6) is 0 Å². The molecule has 0 radical (unpaired) electrons. The number of esters is 1. The van der Waals surface area contributed by atoms with Gasteiger partial charge in [0.2, 0.25) is 0 Å². The molecule has 0 aliphatic carbocycles. The fourth-order valence-electron chi connectivity index (χ4n) is 1.99. The van der Waals surface area contributed by atoms with Crippen LogP contribution in [0.4, 0.5) is 0 Å². The quantitative estimate of drug-likeness (QED) is 0.643. The van der Waals surface area contributed by atoms with E-state index in [1.165, 1.54) is 0 Å². The van der Waals surface area contributed by atoms with Gasteiger partial charge in [-0.2, -0.15) is 0 Å². The zero-order valence-electron chi connectivity index (χ0n) is 10.4. The third kappa shape index (κ3) is 4.94. The van der Waals surface area contributed by atoms with Crippen molar-refractivity contribution in [3.05, 3.63) is 0 Å². The molecular weight excluding hydrogens is 206 g/mol. The van der Waals surface area contributed by atoms with Crippen LogP contribution < -0.4 is 0 Å². The summed E-state index contributed by atoms with van der Waals surface area (Å²) in [6, 6.07) is 0. The summed E-state index contributed by atoms with van der Waals surface area (Å²) in [5.41, 5.74) is 0. The highest BCUT2D eigenvalue weighted by Gasteiger charge is 2.18. The van der Waals surface area contributed by atoms with Gasteiger partial charge in [0.05, 0.1) is 13.2 Å². The predicted octanol–water partition coefficient (Wildman–Crippen LogP) is 1.30. The predicted molar refractivity (Wildman–Crippen MR) is 62.3 cm³/mol. The molecule has 4 nitrogen and oxygen atoms in total. The molecule has 0 spiro atoms. The highest BCUT2D eigenvalue weighted by molar-refractivity contribution is 5.71. The number of nitrogens with zero attached hydrogens (tertiary/aromatic N) is 1. The maximum absolute atomic E-state index is 11.4. The number of hydrogen-bond donors (Lipinski definition) is 0. The van der Waals surface area contributed by atoms with Crippen LogP contribution in [-0.2, 0) is 14.3 Å². The smallest absolute Gasteiger partial charge is 0.320 e. The van der Waals surface area contributed by atoms with Crippen LogP contribution in [0.2, 0.25) is 0 Å². The third-order valence-electron chi connectivity index (χ3n) is 2.96. The van der Waals surface area contributed by atoms with Crippen LogP contribution in [0.3, 0.4) is 0 Å². The molecule has 1 saturated heterocycles. The molecule has 0 atom stereocenters. The summed E-state index contributed by atoms with van der Waals surface area (Å²) in [5.74, 6) is 0.555.